The van der Waals surface area contributed by atoms with Crippen LogP contribution in [0.3, 0.4) is 0 Å². The lowest BCUT2D eigenvalue weighted by atomic mass is 10.1. The Kier molecular flexibility index (Phi) is 5.81. The third kappa shape index (κ3) is 4.78. The van der Waals surface area contributed by atoms with Crippen molar-refractivity contribution in [1.82, 2.24) is 15.1 Å². The molecule has 0 unspecified atom stereocenters. The lowest BCUT2D eigenvalue weighted by Crippen LogP contribution is -2.15. The normalized spacial score (nSPS) is 11.4. The maximum Gasteiger partial charge on any atom is 0.338 e. The summed E-state index contributed by atoms with van der Waals surface area (Å²) in [5, 5.41) is 9.04. The average Bonchev–Trinajstić information content (AvgIpc) is 3.14. The molecule has 0 amide bonds. The topological polar surface area (TPSA) is 138 Å². The molecule has 0 aliphatic carbocycles. The molecule has 0 bridgehead atoms. The number of hydrogen-bond donors (Lipinski definition) is 1. The highest BCUT2D eigenvalue weighted by Crippen LogP contribution is 2.17. The SMILES string of the molecule is Cc1ccc(C(=O)OCCCc2nc(-c3cccnc3)no2)cc1S(N)(=O)=O. The van der Waals surface area contributed by atoms with E-state index in [-0.39, 0.29) is 17.1 Å². The van der Waals surface area contributed by atoms with Crippen molar-refractivity contribution >= 4 is 16.0 Å². The van der Waals surface area contributed by atoms with Crippen LogP contribution in [0.2, 0.25) is 0 Å². The fraction of sp³-hybridized carbons (Fsp3) is 0.222. The molecule has 0 atom stereocenters. The minimum atomic E-state index is -3.91. The summed E-state index contributed by atoms with van der Waals surface area (Å²) in [4.78, 5) is 20.3. The van der Waals surface area contributed by atoms with Crippen LogP contribution in [-0.4, -0.2) is 36.1 Å². The van der Waals surface area contributed by atoms with Crippen LogP contribution in [0.1, 0.15) is 28.2 Å². The van der Waals surface area contributed by atoms with Gasteiger partial charge in [0.1, 0.15) is 0 Å². The molecule has 1 aromatic carbocycles. The van der Waals surface area contributed by atoms with Crippen molar-refractivity contribution in [3.05, 3.63) is 59.7 Å². The van der Waals surface area contributed by atoms with Gasteiger partial charge in [-0.15, -0.1) is 0 Å². The van der Waals surface area contributed by atoms with Crippen LogP contribution in [0.15, 0.2) is 52.1 Å². The summed E-state index contributed by atoms with van der Waals surface area (Å²) in [7, 11) is -3.91. The number of ether oxygens (including phenoxy) is 1. The van der Waals surface area contributed by atoms with Crippen LogP contribution in [-0.2, 0) is 21.2 Å². The summed E-state index contributed by atoms with van der Waals surface area (Å²) in [6, 6.07) is 7.81. The Morgan fingerprint density at radius 3 is 2.82 bits per heavy atom. The summed E-state index contributed by atoms with van der Waals surface area (Å²) in [6.45, 7) is 1.71. The van der Waals surface area contributed by atoms with Crippen LogP contribution < -0.4 is 5.14 Å². The maximum absolute atomic E-state index is 12.1. The second kappa shape index (κ2) is 8.28. The van der Waals surface area contributed by atoms with Gasteiger partial charge in [-0.25, -0.2) is 18.4 Å². The standard InChI is InChI=1S/C18H18N4O5S/c1-12-6-7-13(10-15(12)28(19,24)25)18(23)26-9-3-5-16-21-17(22-27-16)14-4-2-8-20-11-14/h2,4,6-8,10-11H,3,5,9H2,1H3,(H2,19,24,25). The molecular formula is C18H18N4O5S. The lowest BCUT2D eigenvalue weighted by molar-refractivity contribution is 0.0498. The van der Waals surface area contributed by atoms with Gasteiger partial charge in [-0.1, -0.05) is 11.2 Å². The van der Waals surface area contributed by atoms with E-state index >= 15 is 0 Å². The first kappa shape index (κ1) is 19.6. The van der Waals surface area contributed by atoms with Crippen molar-refractivity contribution in [2.24, 2.45) is 5.14 Å². The number of carbonyl (C=O) groups excluding carboxylic acids is 1. The molecule has 0 aliphatic heterocycles. The lowest BCUT2D eigenvalue weighted by Gasteiger charge is -2.07. The fourth-order valence-electron chi connectivity index (χ4n) is 2.47. The number of carbonyl (C=O) groups is 1. The molecule has 146 valence electrons. The molecule has 2 heterocycles. The van der Waals surface area contributed by atoms with E-state index in [0.717, 1.165) is 5.56 Å². The Hall–Kier alpha value is -3.11. The van der Waals surface area contributed by atoms with Crippen LogP contribution in [0.25, 0.3) is 11.4 Å². The Bertz CT molecular complexity index is 1080. The van der Waals surface area contributed by atoms with Gasteiger partial charge in [0.25, 0.3) is 0 Å². The molecule has 0 saturated heterocycles. The second-order valence-electron chi connectivity index (χ2n) is 6.02. The molecule has 0 aliphatic rings. The number of esters is 1. The number of nitrogens with two attached hydrogens (primary N) is 1. The van der Waals surface area contributed by atoms with E-state index in [2.05, 4.69) is 15.1 Å². The Labute approximate surface area is 161 Å². The monoisotopic (exact) mass is 402 g/mol. The number of aryl methyl sites for hydroxylation is 2. The van der Waals surface area contributed by atoms with Crippen LogP contribution >= 0.6 is 0 Å². The fourth-order valence-corrected chi connectivity index (χ4v) is 3.28. The van der Waals surface area contributed by atoms with Gasteiger partial charge in [0, 0.05) is 24.4 Å². The number of pyridine rings is 1. The highest BCUT2D eigenvalue weighted by molar-refractivity contribution is 7.89. The van der Waals surface area contributed by atoms with Gasteiger partial charge >= 0.3 is 5.97 Å². The molecule has 10 heteroatoms. The van der Waals surface area contributed by atoms with Crippen molar-refractivity contribution in [1.29, 1.82) is 0 Å². The first-order valence-corrected chi connectivity index (χ1v) is 9.93. The zero-order valence-corrected chi connectivity index (χ0v) is 15.8. The number of hydrogen-bond acceptors (Lipinski definition) is 8. The molecule has 0 spiro atoms. The van der Waals surface area contributed by atoms with Crippen molar-refractivity contribution < 1.29 is 22.5 Å². The third-order valence-electron chi connectivity index (χ3n) is 3.89. The zero-order valence-electron chi connectivity index (χ0n) is 15.0. The molecule has 0 fully saturated rings. The minimum Gasteiger partial charge on any atom is -0.462 e. The minimum absolute atomic E-state index is 0.101. The van der Waals surface area contributed by atoms with Crippen LogP contribution in [0.4, 0.5) is 0 Å². The number of primary sulfonamides is 1. The molecule has 3 aromatic rings. The second-order valence-corrected chi connectivity index (χ2v) is 7.55. The van der Waals surface area contributed by atoms with E-state index < -0.39 is 16.0 Å². The highest BCUT2D eigenvalue weighted by Gasteiger charge is 2.16. The van der Waals surface area contributed by atoms with Crippen molar-refractivity contribution in [3.63, 3.8) is 0 Å². The molecule has 0 radical (unpaired) electrons. The van der Waals surface area contributed by atoms with Crippen molar-refractivity contribution in [2.45, 2.75) is 24.7 Å². The van der Waals surface area contributed by atoms with Gasteiger partial charge in [0.15, 0.2) is 0 Å². The van der Waals surface area contributed by atoms with Crippen LogP contribution in [0.5, 0.6) is 0 Å². The Balaban J connectivity index is 1.53. The van der Waals surface area contributed by atoms with Gasteiger partial charge in [0.2, 0.25) is 21.7 Å². The van der Waals surface area contributed by atoms with Gasteiger partial charge in [-0.2, -0.15) is 4.98 Å². The van der Waals surface area contributed by atoms with Gasteiger partial charge in [-0.3, -0.25) is 4.98 Å². The molecule has 3 rings (SSSR count). The summed E-state index contributed by atoms with van der Waals surface area (Å²) in [5.74, 6) is 0.225. The Morgan fingerprint density at radius 2 is 2.11 bits per heavy atom. The summed E-state index contributed by atoms with van der Waals surface area (Å²) >= 11 is 0. The van der Waals surface area contributed by atoms with E-state index in [4.69, 9.17) is 14.4 Å². The quantitative estimate of drug-likeness (QED) is 0.467. The van der Waals surface area contributed by atoms with Crippen molar-refractivity contribution in [3.8, 4) is 11.4 Å². The molecule has 9 nitrogen and oxygen atoms in total. The van der Waals surface area contributed by atoms with Gasteiger partial charge in [-0.05, 0) is 43.2 Å². The average molecular weight is 402 g/mol. The van der Waals surface area contributed by atoms with Crippen molar-refractivity contribution in [2.75, 3.05) is 6.61 Å². The molecule has 2 aromatic heterocycles. The first-order valence-electron chi connectivity index (χ1n) is 8.38. The van der Waals surface area contributed by atoms with E-state index in [9.17, 15) is 13.2 Å². The Morgan fingerprint density at radius 1 is 1.29 bits per heavy atom. The summed E-state index contributed by atoms with van der Waals surface area (Å²) < 4.78 is 33.4. The van der Waals surface area contributed by atoms with Gasteiger partial charge < -0.3 is 9.26 Å². The number of benzene rings is 1. The molecule has 28 heavy (non-hydrogen) atoms. The highest BCUT2D eigenvalue weighted by atomic mass is 32.2. The molecule has 2 N–H and O–H groups in total. The van der Waals surface area contributed by atoms with Crippen LogP contribution in [0, 0.1) is 6.92 Å². The van der Waals surface area contributed by atoms with E-state index in [1.165, 1.54) is 18.2 Å². The smallest absolute Gasteiger partial charge is 0.338 e. The predicted molar refractivity (Wildman–Crippen MR) is 98.7 cm³/mol. The first-order chi connectivity index (χ1) is 13.3. The number of rotatable bonds is 7. The molecule has 0 saturated carbocycles. The molecular weight excluding hydrogens is 384 g/mol. The third-order valence-corrected chi connectivity index (χ3v) is 4.94. The zero-order chi connectivity index (χ0) is 20.1. The van der Waals surface area contributed by atoms with E-state index in [0.29, 0.717) is 30.1 Å². The number of sulfonamides is 1. The summed E-state index contributed by atoms with van der Waals surface area (Å²) in [6.07, 6.45) is 4.18. The number of nitrogens with zero attached hydrogens (tertiary/aromatic N) is 3. The maximum atomic E-state index is 12.1. The predicted octanol–water partition coefficient (Wildman–Crippen LogP) is 1.88. The van der Waals surface area contributed by atoms with E-state index in [1.807, 2.05) is 6.07 Å². The largest absolute Gasteiger partial charge is 0.462 e. The van der Waals surface area contributed by atoms with E-state index in [1.54, 1.807) is 25.4 Å². The van der Waals surface area contributed by atoms with Gasteiger partial charge in [0.05, 0.1) is 17.1 Å². The number of aromatic nitrogens is 3. The summed E-state index contributed by atoms with van der Waals surface area (Å²) in [5.41, 5.74) is 1.32.